The average molecular weight is 417 g/mol. The Balaban J connectivity index is 1.63. The summed E-state index contributed by atoms with van der Waals surface area (Å²) in [5, 5.41) is 3.32. The molecule has 0 aliphatic carbocycles. The number of nitrogens with one attached hydrogen (secondary N) is 2. The van der Waals surface area contributed by atoms with Crippen molar-refractivity contribution in [3.63, 3.8) is 0 Å². The molecule has 2 aromatic heterocycles. The fraction of sp³-hybridized carbons (Fsp3) is 0.280. The van der Waals surface area contributed by atoms with E-state index in [4.69, 9.17) is 9.47 Å². The zero-order valence-electron chi connectivity index (χ0n) is 18.6. The van der Waals surface area contributed by atoms with Gasteiger partial charge in [-0.2, -0.15) is 0 Å². The lowest BCUT2D eigenvalue weighted by molar-refractivity contribution is 0.119. The third-order valence-corrected chi connectivity index (χ3v) is 5.25. The predicted octanol–water partition coefficient (Wildman–Crippen LogP) is 6.50. The van der Waals surface area contributed by atoms with Crippen molar-refractivity contribution in [3.8, 4) is 11.6 Å². The van der Waals surface area contributed by atoms with E-state index in [-0.39, 0.29) is 11.5 Å². The molecule has 0 bridgehead atoms. The summed E-state index contributed by atoms with van der Waals surface area (Å²) in [4.78, 5) is 12.4. The zero-order valence-corrected chi connectivity index (χ0v) is 18.6. The second kappa shape index (κ2) is 8.40. The third kappa shape index (κ3) is 4.54. The van der Waals surface area contributed by atoms with Gasteiger partial charge in [0.05, 0.1) is 17.1 Å². The van der Waals surface area contributed by atoms with Gasteiger partial charge in [0.1, 0.15) is 11.4 Å². The van der Waals surface area contributed by atoms with Gasteiger partial charge in [-0.15, -0.1) is 0 Å². The number of hydrogen-bond donors (Lipinski definition) is 2. The number of methoxy groups -OCH3 is 1. The molecule has 0 spiro atoms. The van der Waals surface area contributed by atoms with Crippen LogP contribution in [0.5, 0.6) is 11.6 Å². The standard InChI is InChI=1S/C25H28N4O2/c1-16(30-5)17-12-13-19-21(15-17)29-24(27-19)28-20-10-8-14-26-23(20)31-22-11-7-6-9-18(22)25(2,3)4/h6-16H,1-5H3,(H2,27,28,29). The van der Waals surface area contributed by atoms with Crippen molar-refractivity contribution in [2.24, 2.45) is 0 Å². The molecule has 2 heterocycles. The lowest BCUT2D eigenvalue weighted by Gasteiger charge is -2.22. The van der Waals surface area contributed by atoms with Gasteiger partial charge in [0.15, 0.2) is 0 Å². The van der Waals surface area contributed by atoms with E-state index in [1.54, 1.807) is 13.3 Å². The maximum atomic E-state index is 6.25. The Kier molecular flexibility index (Phi) is 5.65. The molecule has 2 N–H and O–H groups in total. The predicted molar refractivity (Wildman–Crippen MR) is 124 cm³/mol. The van der Waals surface area contributed by atoms with E-state index >= 15 is 0 Å². The number of aromatic amines is 1. The molecule has 31 heavy (non-hydrogen) atoms. The summed E-state index contributed by atoms with van der Waals surface area (Å²) in [6.07, 6.45) is 1.74. The Hall–Kier alpha value is -3.38. The normalized spacial score (nSPS) is 12.7. The third-order valence-electron chi connectivity index (χ3n) is 5.25. The number of fused-ring (bicyclic) bond motifs is 1. The maximum absolute atomic E-state index is 6.25. The van der Waals surface area contributed by atoms with Crippen LogP contribution in [-0.4, -0.2) is 22.1 Å². The number of ether oxygens (including phenoxy) is 2. The second-order valence-corrected chi connectivity index (χ2v) is 8.57. The molecule has 0 radical (unpaired) electrons. The van der Waals surface area contributed by atoms with Gasteiger partial charge in [0.2, 0.25) is 11.8 Å². The Morgan fingerprint density at radius 3 is 2.61 bits per heavy atom. The second-order valence-electron chi connectivity index (χ2n) is 8.57. The average Bonchev–Trinajstić information content (AvgIpc) is 3.15. The minimum absolute atomic E-state index is 0.0188. The number of H-pyrrole nitrogens is 1. The molecule has 1 unspecified atom stereocenters. The Bertz CT molecular complexity index is 1190. The van der Waals surface area contributed by atoms with Crippen molar-refractivity contribution in [2.75, 3.05) is 12.4 Å². The SMILES string of the molecule is COC(C)c1ccc2nc(Nc3cccnc3Oc3ccccc3C(C)(C)C)[nH]c2c1. The molecule has 0 aliphatic rings. The molecule has 160 valence electrons. The summed E-state index contributed by atoms with van der Waals surface area (Å²) in [5.41, 5.74) is 4.71. The number of rotatable bonds is 6. The number of nitrogens with zero attached hydrogens (tertiary/aromatic N) is 2. The van der Waals surface area contributed by atoms with Crippen LogP contribution in [0.1, 0.15) is 44.9 Å². The smallest absolute Gasteiger partial charge is 0.243 e. The van der Waals surface area contributed by atoms with Crippen LogP contribution in [0.3, 0.4) is 0 Å². The van der Waals surface area contributed by atoms with Crippen molar-refractivity contribution in [3.05, 3.63) is 71.9 Å². The molecule has 4 aromatic rings. The van der Waals surface area contributed by atoms with Crippen LogP contribution >= 0.6 is 0 Å². The molecule has 0 fully saturated rings. The quantitative estimate of drug-likeness (QED) is 0.375. The number of hydrogen-bond acceptors (Lipinski definition) is 5. The van der Waals surface area contributed by atoms with E-state index in [9.17, 15) is 0 Å². The van der Waals surface area contributed by atoms with Gasteiger partial charge < -0.3 is 19.8 Å². The fourth-order valence-electron chi connectivity index (χ4n) is 3.45. The molecule has 4 rings (SSSR count). The molecule has 1 atom stereocenters. The molecule has 0 saturated heterocycles. The summed E-state index contributed by atoms with van der Waals surface area (Å²) in [5.74, 6) is 1.91. The number of imidazole rings is 1. The Labute approximate surface area is 182 Å². The first-order chi connectivity index (χ1) is 14.8. The van der Waals surface area contributed by atoms with Gasteiger partial charge in [0.25, 0.3) is 0 Å². The topological polar surface area (TPSA) is 72.1 Å². The zero-order chi connectivity index (χ0) is 22.0. The van der Waals surface area contributed by atoms with Crippen LogP contribution in [0.25, 0.3) is 11.0 Å². The number of benzene rings is 2. The van der Waals surface area contributed by atoms with Crippen molar-refractivity contribution in [1.29, 1.82) is 0 Å². The highest BCUT2D eigenvalue weighted by Gasteiger charge is 2.20. The summed E-state index contributed by atoms with van der Waals surface area (Å²) >= 11 is 0. The van der Waals surface area contributed by atoms with Gasteiger partial charge in [-0.25, -0.2) is 9.97 Å². The first-order valence-corrected chi connectivity index (χ1v) is 10.4. The van der Waals surface area contributed by atoms with E-state index in [0.29, 0.717) is 11.8 Å². The number of anilines is 2. The molecule has 2 aromatic carbocycles. The molecule has 6 heteroatoms. The van der Waals surface area contributed by atoms with Crippen LogP contribution in [0, 0.1) is 0 Å². The lowest BCUT2D eigenvalue weighted by atomic mass is 9.86. The summed E-state index contributed by atoms with van der Waals surface area (Å²) < 4.78 is 11.7. The first-order valence-electron chi connectivity index (χ1n) is 10.4. The van der Waals surface area contributed by atoms with Crippen LogP contribution < -0.4 is 10.1 Å². The number of aromatic nitrogens is 3. The van der Waals surface area contributed by atoms with Crippen molar-refractivity contribution < 1.29 is 9.47 Å². The van der Waals surface area contributed by atoms with Crippen LogP contribution in [0.15, 0.2) is 60.8 Å². The van der Waals surface area contributed by atoms with E-state index in [1.807, 2.05) is 49.4 Å². The van der Waals surface area contributed by atoms with Gasteiger partial charge in [-0.05, 0) is 48.2 Å². The monoisotopic (exact) mass is 416 g/mol. The van der Waals surface area contributed by atoms with Gasteiger partial charge in [0, 0.05) is 18.9 Å². The molecule has 0 saturated carbocycles. The highest BCUT2D eigenvalue weighted by atomic mass is 16.5. The first kappa shape index (κ1) is 20.9. The fourth-order valence-corrected chi connectivity index (χ4v) is 3.45. The number of pyridine rings is 1. The van der Waals surface area contributed by atoms with E-state index in [2.05, 4.69) is 53.2 Å². The summed E-state index contributed by atoms with van der Waals surface area (Å²) in [7, 11) is 1.70. The number of para-hydroxylation sites is 1. The van der Waals surface area contributed by atoms with Crippen LogP contribution in [0.4, 0.5) is 11.6 Å². The molecule has 6 nitrogen and oxygen atoms in total. The van der Waals surface area contributed by atoms with Gasteiger partial charge in [-0.3, -0.25) is 0 Å². The van der Waals surface area contributed by atoms with E-state index in [0.717, 1.165) is 33.6 Å². The van der Waals surface area contributed by atoms with Crippen molar-refractivity contribution >= 4 is 22.7 Å². The summed E-state index contributed by atoms with van der Waals surface area (Å²) in [6.45, 7) is 8.52. The summed E-state index contributed by atoms with van der Waals surface area (Å²) in [6, 6.07) is 17.9. The largest absolute Gasteiger partial charge is 0.437 e. The van der Waals surface area contributed by atoms with Crippen molar-refractivity contribution in [1.82, 2.24) is 15.0 Å². The Morgan fingerprint density at radius 2 is 1.84 bits per heavy atom. The lowest BCUT2D eigenvalue weighted by Crippen LogP contribution is -2.12. The highest BCUT2D eigenvalue weighted by molar-refractivity contribution is 5.79. The van der Waals surface area contributed by atoms with Crippen molar-refractivity contribution in [2.45, 2.75) is 39.2 Å². The van der Waals surface area contributed by atoms with Crippen LogP contribution in [-0.2, 0) is 10.2 Å². The van der Waals surface area contributed by atoms with Crippen LogP contribution in [0.2, 0.25) is 0 Å². The highest BCUT2D eigenvalue weighted by Crippen LogP contribution is 2.36. The molecular weight excluding hydrogens is 388 g/mol. The minimum Gasteiger partial charge on any atom is -0.437 e. The van der Waals surface area contributed by atoms with E-state index < -0.39 is 0 Å². The maximum Gasteiger partial charge on any atom is 0.243 e. The minimum atomic E-state index is -0.0469. The Morgan fingerprint density at radius 1 is 1.03 bits per heavy atom. The van der Waals surface area contributed by atoms with E-state index in [1.165, 1.54) is 0 Å². The molecule has 0 aliphatic heterocycles. The molecule has 0 amide bonds. The van der Waals surface area contributed by atoms with Gasteiger partial charge >= 0.3 is 0 Å². The molecular formula is C25H28N4O2. The van der Waals surface area contributed by atoms with Gasteiger partial charge in [-0.1, -0.05) is 45.0 Å².